The molecule has 1 atom stereocenters. The van der Waals surface area contributed by atoms with Crippen molar-refractivity contribution in [1.29, 1.82) is 0 Å². The van der Waals surface area contributed by atoms with Crippen LogP contribution in [-0.2, 0) is 12.7 Å². The lowest BCUT2D eigenvalue weighted by Crippen LogP contribution is -2.39. The summed E-state index contributed by atoms with van der Waals surface area (Å²) in [7, 11) is 0. The summed E-state index contributed by atoms with van der Waals surface area (Å²) in [4.78, 5) is 33.3. The van der Waals surface area contributed by atoms with Gasteiger partial charge in [-0.15, -0.1) is 0 Å². The molecule has 1 aliphatic rings. The molecule has 0 aromatic carbocycles. The van der Waals surface area contributed by atoms with Gasteiger partial charge in [-0.05, 0) is 38.0 Å². The Morgan fingerprint density at radius 1 is 1.33 bits per heavy atom. The Kier molecular flexibility index (Phi) is 5.08. The fourth-order valence-corrected chi connectivity index (χ4v) is 3.78. The predicted octanol–water partition coefficient (Wildman–Crippen LogP) is 3.18. The lowest BCUT2D eigenvalue weighted by Gasteiger charge is -2.32. The average molecular weight is 419 g/mol. The second-order valence-corrected chi connectivity index (χ2v) is 7.36. The summed E-state index contributed by atoms with van der Waals surface area (Å²) in [5, 5.41) is 4.22. The number of H-pyrrole nitrogens is 1. The lowest BCUT2D eigenvalue weighted by atomic mass is 9.93. The molecule has 0 saturated carbocycles. The highest BCUT2D eigenvalue weighted by Gasteiger charge is 2.33. The molecule has 30 heavy (non-hydrogen) atoms. The summed E-state index contributed by atoms with van der Waals surface area (Å²) < 4.78 is 40.7. The summed E-state index contributed by atoms with van der Waals surface area (Å²) >= 11 is 0. The van der Waals surface area contributed by atoms with Crippen LogP contribution in [-0.4, -0.2) is 43.6 Å². The Morgan fingerprint density at radius 3 is 2.83 bits per heavy atom. The Hall–Kier alpha value is -3.17. The van der Waals surface area contributed by atoms with Gasteiger partial charge in [-0.1, -0.05) is 0 Å². The molecule has 0 radical (unpaired) electrons. The quantitative estimate of drug-likeness (QED) is 0.707. The summed E-state index contributed by atoms with van der Waals surface area (Å²) in [5.74, 6) is -0.350. The molecule has 1 amide bonds. The van der Waals surface area contributed by atoms with Crippen molar-refractivity contribution in [1.82, 2.24) is 24.6 Å². The van der Waals surface area contributed by atoms with E-state index < -0.39 is 17.4 Å². The molecule has 158 valence electrons. The molecule has 1 fully saturated rings. The second kappa shape index (κ2) is 7.58. The van der Waals surface area contributed by atoms with Gasteiger partial charge >= 0.3 is 6.18 Å². The number of rotatable bonds is 3. The maximum absolute atomic E-state index is 13.0. The summed E-state index contributed by atoms with van der Waals surface area (Å²) in [6.45, 7) is 3.51. The molecule has 0 spiro atoms. The molecular weight excluding hydrogens is 399 g/mol. The number of amides is 1. The van der Waals surface area contributed by atoms with Crippen LogP contribution in [0, 0.1) is 0 Å². The van der Waals surface area contributed by atoms with E-state index in [-0.39, 0.29) is 22.7 Å². The number of pyridine rings is 2. The van der Waals surface area contributed by atoms with E-state index in [1.807, 2.05) is 6.92 Å². The van der Waals surface area contributed by atoms with E-state index in [9.17, 15) is 22.8 Å². The number of nitrogens with one attached hydrogen (secondary N) is 1. The Morgan fingerprint density at radius 2 is 2.13 bits per heavy atom. The van der Waals surface area contributed by atoms with E-state index in [0.29, 0.717) is 43.7 Å². The first kappa shape index (κ1) is 20.1. The molecule has 0 bridgehead atoms. The molecule has 1 saturated heterocycles. The van der Waals surface area contributed by atoms with Gasteiger partial charge in [-0.2, -0.15) is 18.3 Å². The van der Waals surface area contributed by atoms with Crippen LogP contribution in [0.4, 0.5) is 13.2 Å². The molecule has 1 N–H and O–H groups in total. The van der Waals surface area contributed by atoms with Crippen molar-refractivity contribution in [2.75, 3.05) is 13.1 Å². The van der Waals surface area contributed by atoms with Gasteiger partial charge in [0.15, 0.2) is 0 Å². The maximum atomic E-state index is 13.0. The lowest BCUT2D eigenvalue weighted by molar-refractivity contribution is -0.140. The Bertz CT molecular complexity index is 1150. The van der Waals surface area contributed by atoms with E-state index in [0.717, 1.165) is 12.1 Å². The monoisotopic (exact) mass is 419 g/mol. The minimum atomic E-state index is -4.59. The largest absolute Gasteiger partial charge is 0.433 e. The number of halogens is 3. The molecule has 3 aromatic rings. The van der Waals surface area contributed by atoms with Crippen molar-refractivity contribution >= 4 is 16.8 Å². The predicted molar refractivity (Wildman–Crippen MR) is 103 cm³/mol. The number of fused-ring (bicyclic) bond motifs is 1. The zero-order valence-corrected chi connectivity index (χ0v) is 16.2. The highest BCUT2D eigenvalue weighted by molar-refractivity contribution is 5.93. The van der Waals surface area contributed by atoms with E-state index >= 15 is 0 Å². The molecule has 1 aliphatic heterocycles. The zero-order valence-electron chi connectivity index (χ0n) is 16.2. The van der Waals surface area contributed by atoms with Crippen LogP contribution in [0.5, 0.6) is 0 Å². The van der Waals surface area contributed by atoms with Crippen molar-refractivity contribution < 1.29 is 18.0 Å². The Balaban J connectivity index is 1.62. The number of aryl methyl sites for hydroxylation is 1. The molecule has 10 heteroatoms. The number of carbonyl (C=O) groups is 1. The van der Waals surface area contributed by atoms with Crippen LogP contribution in [0.2, 0.25) is 0 Å². The number of piperidine rings is 1. The SMILES string of the molecule is CCn1cc(C(=O)N2CCC[C@H](c3cc4nc(C(F)(F)F)ccc4c(=O)[nH]3)C2)cn1. The van der Waals surface area contributed by atoms with Crippen LogP contribution in [0.15, 0.2) is 35.4 Å². The number of carbonyl (C=O) groups excluding carboxylic acids is 1. The van der Waals surface area contributed by atoms with Gasteiger partial charge in [0.05, 0.1) is 22.7 Å². The number of alkyl halides is 3. The van der Waals surface area contributed by atoms with Crippen LogP contribution in [0.25, 0.3) is 10.9 Å². The summed E-state index contributed by atoms with van der Waals surface area (Å²) in [6.07, 6.45) is 0.0448. The molecule has 0 aliphatic carbocycles. The number of likely N-dealkylation sites (tertiary alicyclic amines) is 1. The van der Waals surface area contributed by atoms with Gasteiger partial charge in [0, 0.05) is 37.4 Å². The van der Waals surface area contributed by atoms with Crippen molar-refractivity contribution in [3.63, 3.8) is 0 Å². The number of aromatic amines is 1. The third-order valence-electron chi connectivity index (χ3n) is 5.36. The minimum absolute atomic E-state index is 0.00347. The standard InChI is InChI=1S/C20H20F3N5O2/c1-2-28-11-13(9-24-28)19(30)27-7-3-4-12(10-27)15-8-16-14(18(29)26-15)5-6-17(25-16)20(21,22)23/h5-6,8-9,11-12H,2-4,7,10H2,1H3,(H,26,29)/t12-/m0/s1. The van der Waals surface area contributed by atoms with Crippen molar-refractivity contribution in [2.24, 2.45) is 0 Å². The number of aromatic nitrogens is 4. The third kappa shape index (κ3) is 3.81. The highest BCUT2D eigenvalue weighted by Crippen LogP contribution is 2.30. The van der Waals surface area contributed by atoms with Crippen LogP contribution >= 0.6 is 0 Å². The topological polar surface area (TPSA) is 83.9 Å². The second-order valence-electron chi connectivity index (χ2n) is 7.36. The van der Waals surface area contributed by atoms with Gasteiger partial charge in [0.1, 0.15) is 5.69 Å². The fourth-order valence-electron chi connectivity index (χ4n) is 3.78. The van der Waals surface area contributed by atoms with Gasteiger partial charge in [-0.3, -0.25) is 14.3 Å². The molecular formula is C20H20F3N5O2. The number of hydrogen-bond donors (Lipinski definition) is 1. The third-order valence-corrected chi connectivity index (χ3v) is 5.36. The zero-order chi connectivity index (χ0) is 21.5. The van der Waals surface area contributed by atoms with E-state index in [1.54, 1.807) is 15.8 Å². The molecule has 4 rings (SSSR count). The summed E-state index contributed by atoms with van der Waals surface area (Å²) in [5.41, 5.74) is -0.561. The van der Waals surface area contributed by atoms with E-state index in [2.05, 4.69) is 15.1 Å². The van der Waals surface area contributed by atoms with Crippen molar-refractivity contribution in [3.8, 4) is 0 Å². The van der Waals surface area contributed by atoms with Crippen molar-refractivity contribution in [2.45, 2.75) is 38.4 Å². The molecule has 3 aromatic heterocycles. The molecule has 4 heterocycles. The van der Waals surface area contributed by atoms with Crippen LogP contribution < -0.4 is 5.56 Å². The first-order valence-electron chi connectivity index (χ1n) is 9.69. The first-order chi connectivity index (χ1) is 14.3. The highest BCUT2D eigenvalue weighted by atomic mass is 19.4. The molecule has 7 nitrogen and oxygen atoms in total. The Labute approximate surface area is 169 Å². The number of nitrogens with zero attached hydrogens (tertiary/aromatic N) is 4. The smallest absolute Gasteiger partial charge is 0.338 e. The fraction of sp³-hybridized carbons (Fsp3) is 0.400. The van der Waals surface area contributed by atoms with Gasteiger partial charge < -0.3 is 9.88 Å². The summed E-state index contributed by atoms with van der Waals surface area (Å²) in [6, 6.07) is 3.42. The molecule has 0 unspecified atom stereocenters. The van der Waals surface area contributed by atoms with Crippen LogP contribution in [0.1, 0.15) is 47.4 Å². The average Bonchev–Trinajstić information content (AvgIpc) is 3.21. The first-order valence-corrected chi connectivity index (χ1v) is 9.69. The normalized spacial score (nSPS) is 17.5. The van der Waals surface area contributed by atoms with Gasteiger partial charge in [0.2, 0.25) is 0 Å². The van der Waals surface area contributed by atoms with Crippen molar-refractivity contribution in [3.05, 3.63) is 57.9 Å². The van der Waals surface area contributed by atoms with Gasteiger partial charge in [-0.25, -0.2) is 4.98 Å². The minimum Gasteiger partial charge on any atom is -0.338 e. The number of hydrogen-bond acceptors (Lipinski definition) is 4. The van der Waals surface area contributed by atoms with E-state index in [4.69, 9.17) is 0 Å². The van der Waals surface area contributed by atoms with Crippen LogP contribution in [0.3, 0.4) is 0 Å². The van der Waals surface area contributed by atoms with Gasteiger partial charge in [0.25, 0.3) is 11.5 Å². The maximum Gasteiger partial charge on any atom is 0.433 e. The van der Waals surface area contributed by atoms with E-state index in [1.165, 1.54) is 12.3 Å².